The van der Waals surface area contributed by atoms with Crippen LogP contribution in [0.4, 0.5) is 11.5 Å². The molecule has 2 aromatic rings. The van der Waals surface area contributed by atoms with Gasteiger partial charge in [0.25, 0.3) is 0 Å². The predicted octanol–water partition coefficient (Wildman–Crippen LogP) is 5.84. The minimum atomic E-state index is 0.0295. The van der Waals surface area contributed by atoms with E-state index in [1.807, 2.05) is 12.3 Å². The third-order valence-electron chi connectivity index (χ3n) is 8.83. The zero-order valence-corrected chi connectivity index (χ0v) is 25.6. The van der Waals surface area contributed by atoms with Gasteiger partial charge in [0.05, 0.1) is 6.42 Å². The highest BCUT2D eigenvalue weighted by molar-refractivity contribution is 5.93. The van der Waals surface area contributed by atoms with Crippen molar-refractivity contribution in [2.75, 3.05) is 51.1 Å². The van der Waals surface area contributed by atoms with Crippen LogP contribution in [0, 0.1) is 0 Å². The average molecular weight is 567 g/mol. The van der Waals surface area contributed by atoms with Crippen LogP contribution < -0.4 is 10.6 Å². The number of fused-ring (bicyclic) bond motifs is 1. The van der Waals surface area contributed by atoms with E-state index in [2.05, 4.69) is 82.6 Å². The maximum atomic E-state index is 12.7. The normalized spacial score (nSPS) is 19.5. The summed E-state index contributed by atoms with van der Waals surface area (Å²) in [4.78, 5) is 27.4. The number of aromatic nitrogens is 1. The molecular weight excluding hydrogens is 520 g/mol. The molecule has 222 valence electrons. The molecule has 5 rings (SSSR count). The second-order valence-electron chi connectivity index (χ2n) is 11.5. The molecule has 0 radical (unpaired) electrons. The zero-order chi connectivity index (χ0) is 29.3. The van der Waals surface area contributed by atoms with E-state index in [0.29, 0.717) is 13.0 Å². The Kier molecular flexibility index (Phi) is 10.4. The fourth-order valence-corrected chi connectivity index (χ4v) is 6.12. The van der Waals surface area contributed by atoms with Crippen LogP contribution in [0.25, 0.3) is 0 Å². The number of nitrogens with zero attached hydrogens (tertiary/aromatic N) is 4. The number of allylic oxidation sites excluding steroid dienone is 3. The second-order valence-corrected chi connectivity index (χ2v) is 11.5. The first kappa shape index (κ1) is 29.9. The van der Waals surface area contributed by atoms with Gasteiger partial charge in [-0.25, -0.2) is 9.98 Å². The highest BCUT2D eigenvalue weighted by Crippen LogP contribution is 2.34. The van der Waals surface area contributed by atoms with E-state index in [1.54, 1.807) is 6.20 Å². The van der Waals surface area contributed by atoms with Crippen molar-refractivity contribution in [3.8, 4) is 0 Å². The highest BCUT2D eigenvalue weighted by atomic mass is 16.1. The Morgan fingerprint density at radius 1 is 0.929 bits per heavy atom. The maximum Gasteiger partial charge on any atom is 0.228 e. The van der Waals surface area contributed by atoms with E-state index in [-0.39, 0.29) is 5.91 Å². The Morgan fingerprint density at radius 2 is 1.71 bits per heavy atom. The smallest absolute Gasteiger partial charge is 0.228 e. The van der Waals surface area contributed by atoms with Gasteiger partial charge in [0.2, 0.25) is 5.91 Å². The van der Waals surface area contributed by atoms with Gasteiger partial charge in [0, 0.05) is 75.9 Å². The number of benzene rings is 1. The van der Waals surface area contributed by atoms with Crippen LogP contribution in [0.1, 0.15) is 57.6 Å². The van der Waals surface area contributed by atoms with Crippen molar-refractivity contribution in [3.05, 3.63) is 88.3 Å². The molecular formula is C35H46N6O. The molecule has 0 atom stereocenters. The number of hydrogen-bond donors (Lipinski definition) is 2. The van der Waals surface area contributed by atoms with Crippen molar-refractivity contribution >= 4 is 23.1 Å². The predicted molar refractivity (Wildman–Crippen MR) is 173 cm³/mol. The molecule has 1 aromatic carbocycles. The number of likely N-dealkylation sites (N-methyl/N-ethyl adjacent to an activating group) is 1. The number of carbonyl (C=O) groups excluding carboxylic acids is 1. The SMILES string of the molecule is CCC1=C2CC(=O)NC=CC(=C2CNc2ccc(CCN3CCN(CC)CC3)cc2)CC(=Nc2cc(CC)ccn2)C1. The number of carbonyl (C=O) groups is 1. The maximum absolute atomic E-state index is 12.7. The first-order valence-corrected chi connectivity index (χ1v) is 15.7. The number of piperazine rings is 1. The highest BCUT2D eigenvalue weighted by Gasteiger charge is 2.24. The van der Waals surface area contributed by atoms with Gasteiger partial charge in [-0.1, -0.05) is 38.5 Å². The molecule has 1 fully saturated rings. The molecule has 0 saturated carbocycles. The third-order valence-corrected chi connectivity index (χ3v) is 8.83. The van der Waals surface area contributed by atoms with E-state index in [9.17, 15) is 4.79 Å². The molecule has 0 unspecified atom stereocenters. The number of amides is 1. The molecule has 7 nitrogen and oxygen atoms in total. The molecule has 42 heavy (non-hydrogen) atoms. The molecule has 2 bridgehead atoms. The number of rotatable bonds is 10. The fraction of sp³-hybridized carbons (Fsp3) is 0.457. The number of aliphatic imine (C=N–C) groups is 1. The Balaban J connectivity index is 1.31. The molecule has 3 aliphatic rings. The van der Waals surface area contributed by atoms with Gasteiger partial charge in [-0.05, 0) is 84.0 Å². The van der Waals surface area contributed by atoms with Crippen molar-refractivity contribution in [1.82, 2.24) is 20.1 Å². The van der Waals surface area contributed by atoms with Crippen molar-refractivity contribution < 1.29 is 4.79 Å². The van der Waals surface area contributed by atoms with Crippen molar-refractivity contribution in [2.45, 2.75) is 59.3 Å². The Hall–Kier alpha value is -3.55. The molecule has 1 amide bonds. The number of aryl methyl sites for hydroxylation is 1. The Bertz CT molecular complexity index is 1360. The lowest BCUT2D eigenvalue weighted by Crippen LogP contribution is -2.46. The summed E-state index contributed by atoms with van der Waals surface area (Å²) in [5.41, 5.74) is 9.66. The first-order valence-electron chi connectivity index (χ1n) is 15.7. The van der Waals surface area contributed by atoms with E-state index < -0.39 is 0 Å². The third kappa shape index (κ3) is 7.84. The van der Waals surface area contributed by atoms with Gasteiger partial charge in [-0.2, -0.15) is 0 Å². The van der Waals surface area contributed by atoms with Crippen LogP contribution in [0.5, 0.6) is 0 Å². The van der Waals surface area contributed by atoms with E-state index in [4.69, 9.17) is 4.99 Å². The van der Waals surface area contributed by atoms with Gasteiger partial charge >= 0.3 is 0 Å². The van der Waals surface area contributed by atoms with Crippen LogP contribution in [0.15, 0.2) is 82.2 Å². The summed E-state index contributed by atoms with van der Waals surface area (Å²) in [7, 11) is 0. The van der Waals surface area contributed by atoms with E-state index in [0.717, 1.165) is 68.0 Å². The number of nitrogens with one attached hydrogen (secondary N) is 2. The lowest BCUT2D eigenvalue weighted by atomic mass is 9.91. The van der Waals surface area contributed by atoms with Crippen LogP contribution in [-0.4, -0.2) is 72.2 Å². The van der Waals surface area contributed by atoms with Crippen LogP contribution >= 0.6 is 0 Å². The zero-order valence-electron chi connectivity index (χ0n) is 25.6. The summed E-state index contributed by atoms with van der Waals surface area (Å²) in [5.74, 6) is 0.792. The second kappa shape index (κ2) is 14.6. The minimum Gasteiger partial charge on any atom is -0.381 e. The topological polar surface area (TPSA) is 72.9 Å². The molecule has 1 saturated heterocycles. The quantitative estimate of drug-likeness (QED) is 0.378. The molecule has 2 aliphatic heterocycles. The van der Waals surface area contributed by atoms with Crippen LogP contribution in [0.2, 0.25) is 0 Å². The number of anilines is 1. The van der Waals surface area contributed by atoms with Crippen molar-refractivity contribution in [1.29, 1.82) is 0 Å². The molecule has 0 spiro atoms. The monoisotopic (exact) mass is 566 g/mol. The van der Waals surface area contributed by atoms with Crippen LogP contribution in [0.3, 0.4) is 0 Å². The summed E-state index contributed by atoms with van der Waals surface area (Å²) in [5, 5.41) is 6.62. The first-order chi connectivity index (χ1) is 20.5. The largest absolute Gasteiger partial charge is 0.381 e. The van der Waals surface area contributed by atoms with E-state index in [1.165, 1.54) is 54.0 Å². The average Bonchev–Trinajstić information content (AvgIpc) is 3.16. The van der Waals surface area contributed by atoms with Gasteiger partial charge in [0.15, 0.2) is 5.82 Å². The number of hydrogen-bond acceptors (Lipinski definition) is 6. The standard InChI is InChI=1S/C35H46N6O/c1-4-26-11-14-36-34(21-26)39-31-22-28(5-2)32-24-35(42)37-15-12-29(23-31)33(32)25-38-30-9-7-27(8-10-30)13-16-41-19-17-40(6-3)18-20-41/h7-12,14-15,21,38H,4-6,13,16-20,22-25H2,1-3H3,(H,37,42). The van der Waals surface area contributed by atoms with Gasteiger partial charge < -0.3 is 20.4 Å². The Labute approximate surface area is 251 Å². The van der Waals surface area contributed by atoms with Gasteiger partial charge in [-0.3, -0.25) is 4.79 Å². The van der Waals surface area contributed by atoms with Crippen molar-refractivity contribution in [3.63, 3.8) is 0 Å². The number of pyridine rings is 1. The summed E-state index contributed by atoms with van der Waals surface area (Å²) in [6.07, 6.45) is 10.5. The molecule has 1 aliphatic carbocycles. The summed E-state index contributed by atoms with van der Waals surface area (Å²) in [6.45, 7) is 14.2. The van der Waals surface area contributed by atoms with Crippen LogP contribution in [-0.2, 0) is 17.6 Å². The molecule has 2 N–H and O–H groups in total. The summed E-state index contributed by atoms with van der Waals surface area (Å²) in [6, 6.07) is 13.0. The fourth-order valence-electron chi connectivity index (χ4n) is 6.12. The molecule has 7 heteroatoms. The molecule has 3 heterocycles. The Morgan fingerprint density at radius 3 is 2.45 bits per heavy atom. The summed E-state index contributed by atoms with van der Waals surface area (Å²) >= 11 is 0. The lowest BCUT2D eigenvalue weighted by Gasteiger charge is -2.34. The van der Waals surface area contributed by atoms with E-state index >= 15 is 0 Å². The molecule has 1 aromatic heterocycles. The van der Waals surface area contributed by atoms with Gasteiger partial charge in [0.1, 0.15) is 0 Å². The summed E-state index contributed by atoms with van der Waals surface area (Å²) < 4.78 is 0. The minimum absolute atomic E-state index is 0.0295. The van der Waals surface area contributed by atoms with Gasteiger partial charge in [-0.15, -0.1) is 0 Å². The van der Waals surface area contributed by atoms with Crippen molar-refractivity contribution in [2.24, 2.45) is 4.99 Å². The lowest BCUT2D eigenvalue weighted by molar-refractivity contribution is -0.119.